The van der Waals surface area contributed by atoms with E-state index in [0.717, 1.165) is 104 Å². The molecule has 0 radical (unpaired) electrons. The molecule has 0 amide bonds. The summed E-state index contributed by atoms with van der Waals surface area (Å²) in [5.74, 6) is 0. The standard InChI is InChI=1S/C50H28F6N2S2/c51-49(52,53)28-11-9-10-27(24-28)37-25-41(57-39-16-5-1-12-29(39)33-20-22-35-31-14-3-7-18-43(31)59-47(35)45(33)57)42(26-38(37)50(54,55)56)58-40-17-6-2-13-30(40)34-21-23-36-32-15-4-8-19-44(32)60-48(36)46(34)58/h1-2,4-13,15-26H,3,14H2. The maximum absolute atomic E-state index is 15.8. The van der Waals surface area contributed by atoms with Gasteiger partial charge in [0, 0.05) is 41.9 Å². The van der Waals surface area contributed by atoms with Crippen LogP contribution in [0.3, 0.4) is 0 Å². The third kappa shape index (κ3) is 5.07. The third-order valence-corrected chi connectivity index (χ3v) is 14.5. The van der Waals surface area contributed by atoms with Gasteiger partial charge in [-0.15, -0.1) is 22.7 Å². The molecule has 4 aromatic heterocycles. The van der Waals surface area contributed by atoms with Crippen molar-refractivity contribution in [3.05, 3.63) is 161 Å². The van der Waals surface area contributed by atoms with Gasteiger partial charge in [0.05, 0.1) is 54.0 Å². The maximum atomic E-state index is 15.8. The Bertz CT molecular complexity index is 3650. The molecule has 1 aliphatic rings. The third-order valence-electron chi connectivity index (χ3n) is 12.0. The number of hydrogen-bond acceptors (Lipinski definition) is 2. The molecular weight excluding hydrogens is 807 g/mol. The number of aryl methyl sites for hydroxylation is 1. The fourth-order valence-corrected chi connectivity index (χ4v) is 12.0. The number of benzene rings is 7. The summed E-state index contributed by atoms with van der Waals surface area (Å²) in [4.78, 5) is 1.15. The quantitative estimate of drug-likeness (QED) is 0.157. The van der Waals surface area contributed by atoms with Gasteiger partial charge in [0.2, 0.25) is 0 Å². The lowest BCUT2D eigenvalue weighted by Crippen LogP contribution is -2.12. The first-order valence-corrected chi connectivity index (χ1v) is 21.1. The molecule has 7 aromatic carbocycles. The number of allylic oxidation sites excluding steroid dienone is 1. The van der Waals surface area contributed by atoms with Gasteiger partial charge in [-0.25, -0.2) is 0 Å². The lowest BCUT2D eigenvalue weighted by Gasteiger charge is -2.22. The second-order valence-electron chi connectivity index (χ2n) is 15.3. The van der Waals surface area contributed by atoms with Crippen LogP contribution in [0.2, 0.25) is 0 Å². The summed E-state index contributed by atoms with van der Waals surface area (Å²) >= 11 is 3.25. The van der Waals surface area contributed by atoms with Crippen LogP contribution in [-0.4, -0.2) is 9.13 Å². The van der Waals surface area contributed by atoms with Crippen molar-refractivity contribution in [2.45, 2.75) is 25.2 Å². The number of thiophene rings is 2. The first-order valence-electron chi connectivity index (χ1n) is 19.5. The smallest absolute Gasteiger partial charge is 0.306 e. The van der Waals surface area contributed by atoms with E-state index in [9.17, 15) is 13.2 Å². The van der Waals surface area contributed by atoms with E-state index in [1.807, 2.05) is 71.3 Å². The molecule has 0 bridgehead atoms. The van der Waals surface area contributed by atoms with Crippen molar-refractivity contribution in [3.8, 4) is 22.5 Å². The highest BCUT2D eigenvalue weighted by Gasteiger charge is 2.37. The highest BCUT2D eigenvalue weighted by atomic mass is 32.1. The topological polar surface area (TPSA) is 9.86 Å². The predicted molar refractivity (Wildman–Crippen MR) is 236 cm³/mol. The second kappa shape index (κ2) is 12.6. The minimum absolute atomic E-state index is 0.179. The van der Waals surface area contributed by atoms with Crippen LogP contribution < -0.4 is 0 Å². The molecule has 0 saturated heterocycles. The number of rotatable bonds is 3. The molecule has 10 heteroatoms. The fourth-order valence-electron chi connectivity index (χ4n) is 9.49. The van der Waals surface area contributed by atoms with Gasteiger partial charge in [0.1, 0.15) is 0 Å². The number of hydrogen-bond donors (Lipinski definition) is 0. The molecule has 11 aromatic rings. The van der Waals surface area contributed by atoms with Gasteiger partial charge in [-0.2, -0.15) is 26.3 Å². The van der Waals surface area contributed by atoms with Crippen LogP contribution in [0.15, 0.2) is 140 Å². The molecular formula is C50H28F6N2S2. The van der Waals surface area contributed by atoms with E-state index in [1.54, 1.807) is 22.7 Å². The maximum Gasteiger partial charge on any atom is 0.417 e. The van der Waals surface area contributed by atoms with Gasteiger partial charge >= 0.3 is 12.4 Å². The largest absolute Gasteiger partial charge is 0.417 e. The molecule has 0 aliphatic heterocycles. The average Bonchev–Trinajstić information content (AvgIpc) is 4.00. The molecule has 4 heterocycles. The van der Waals surface area contributed by atoms with Gasteiger partial charge in [-0.05, 0) is 83.5 Å². The normalized spacial score (nSPS) is 13.6. The Kier molecular flexibility index (Phi) is 7.46. The summed E-state index contributed by atoms with van der Waals surface area (Å²) < 4.78 is 97.0. The fraction of sp³-hybridized carbons (Fsp3) is 0.0800. The SMILES string of the molecule is FC(F)(F)c1cccc(-c2cc(-n3c4ccccc4c4ccc5c6c(sc5c43)C=CCC6)c(-n3c4ccccc4c4ccc5c6ccccc6sc5c43)cc2C(F)(F)F)c1. The van der Waals surface area contributed by atoms with Crippen LogP contribution in [0.5, 0.6) is 0 Å². The van der Waals surface area contributed by atoms with E-state index >= 15 is 13.2 Å². The van der Waals surface area contributed by atoms with Crippen LogP contribution in [0, 0.1) is 0 Å². The molecule has 0 unspecified atom stereocenters. The van der Waals surface area contributed by atoms with Crippen molar-refractivity contribution in [3.63, 3.8) is 0 Å². The van der Waals surface area contributed by atoms with Crippen LogP contribution in [0.25, 0.3) is 102 Å². The first-order chi connectivity index (χ1) is 29.0. The Morgan fingerprint density at radius 2 is 1.10 bits per heavy atom. The Balaban J connectivity index is 1.31. The van der Waals surface area contributed by atoms with Gasteiger partial charge in [-0.3, -0.25) is 0 Å². The van der Waals surface area contributed by atoms with E-state index in [-0.39, 0.29) is 16.8 Å². The molecule has 12 rings (SSSR count). The molecule has 60 heavy (non-hydrogen) atoms. The summed E-state index contributed by atoms with van der Waals surface area (Å²) in [6, 6.07) is 38.9. The molecule has 0 saturated carbocycles. The summed E-state index contributed by atoms with van der Waals surface area (Å²) in [6.07, 6.45) is -3.61. The number of halogens is 6. The van der Waals surface area contributed by atoms with Gasteiger partial charge in [0.15, 0.2) is 0 Å². The molecule has 1 aliphatic carbocycles. The van der Waals surface area contributed by atoms with E-state index in [1.165, 1.54) is 23.8 Å². The van der Waals surface area contributed by atoms with Crippen LogP contribution in [-0.2, 0) is 18.8 Å². The van der Waals surface area contributed by atoms with Gasteiger partial charge < -0.3 is 9.13 Å². The zero-order valence-electron chi connectivity index (χ0n) is 31.2. The highest BCUT2D eigenvalue weighted by Crippen LogP contribution is 2.50. The molecule has 292 valence electrons. The molecule has 0 fully saturated rings. The summed E-state index contributed by atoms with van der Waals surface area (Å²) in [5, 5.41) is 6.72. The lowest BCUT2D eigenvalue weighted by atomic mass is 9.95. The van der Waals surface area contributed by atoms with Crippen LogP contribution >= 0.6 is 22.7 Å². The molecule has 0 N–H and O–H groups in total. The Morgan fingerprint density at radius 3 is 1.78 bits per heavy atom. The molecule has 2 nitrogen and oxygen atoms in total. The van der Waals surface area contributed by atoms with Crippen molar-refractivity contribution >= 4 is 103 Å². The first kappa shape index (κ1) is 35.6. The van der Waals surface area contributed by atoms with E-state index in [0.29, 0.717) is 11.2 Å². The Hall–Kier alpha value is -6.36. The Labute approximate surface area is 345 Å². The number of fused-ring (bicyclic) bond motifs is 14. The van der Waals surface area contributed by atoms with Gasteiger partial charge in [-0.1, -0.05) is 97.1 Å². The van der Waals surface area contributed by atoms with E-state index < -0.39 is 23.5 Å². The number of alkyl halides is 6. The van der Waals surface area contributed by atoms with Crippen molar-refractivity contribution < 1.29 is 26.3 Å². The summed E-state index contributed by atoms with van der Waals surface area (Å²) in [6.45, 7) is 0. The molecule has 0 atom stereocenters. The Morgan fingerprint density at radius 1 is 0.500 bits per heavy atom. The van der Waals surface area contributed by atoms with E-state index in [4.69, 9.17) is 0 Å². The minimum atomic E-state index is -4.93. The van der Waals surface area contributed by atoms with E-state index in [2.05, 4.69) is 47.1 Å². The monoisotopic (exact) mass is 834 g/mol. The summed E-state index contributed by atoms with van der Waals surface area (Å²) in [7, 11) is 0. The zero-order valence-corrected chi connectivity index (χ0v) is 32.9. The number of nitrogens with zero attached hydrogens (tertiary/aromatic N) is 2. The van der Waals surface area contributed by atoms with Crippen molar-refractivity contribution in [1.82, 2.24) is 9.13 Å². The second-order valence-corrected chi connectivity index (χ2v) is 17.4. The van der Waals surface area contributed by atoms with Crippen molar-refractivity contribution in [2.24, 2.45) is 0 Å². The number of aromatic nitrogens is 2. The average molecular weight is 835 g/mol. The van der Waals surface area contributed by atoms with Crippen LogP contribution in [0.1, 0.15) is 28.0 Å². The highest BCUT2D eigenvalue weighted by molar-refractivity contribution is 7.26. The number of para-hydroxylation sites is 2. The van der Waals surface area contributed by atoms with Crippen LogP contribution in [0.4, 0.5) is 26.3 Å². The van der Waals surface area contributed by atoms with Crippen molar-refractivity contribution in [1.29, 1.82) is 0 Å². The molecule has 0 spiro atoms. The van der Waals surface area contributed by atoms with Crippen molar-refractivity contribution in [2.75, 3.05) is 0 Å². The lowest BCUT2D eigenvalue weighted by molar-refractivity contribution is -0.137. The zero-order chi connectivity index (χ0) is 40.7. The summed E-state index contributed by atoms with van der Waals surface area (Å²) in [5.41, 5.74) is 2.42. The minimum Gasteiger partial charge on any atom is -0.306 e. The van der Waals surface area contributed by atoms with Gasteiger partial charge in [0.25, 0.3) is 0 Å². The predicted octanol–water partition coefficient (Wildman–Crippen LogP) is 16.1.